The van der Waals surface area contributed by atoms with E-state index in [0.717, 1.165) is 35.9 Å². The van der Waals surface area contributed by atoms with Crippen LogP contribution in [0.1, 0.15) is 47.9 Å². The first-order valence-corrected chi connectivity index (χ1v) is 12.3. The van der Waals surface area contributed by atoms with Crippen LogP contribution in [0.25, 0.3) is 0 Å². The van der Waals surface area contributed by atoms with Gasteiger partial charge in [0, 0.05) is 12.0 Å². The molecule has 3 aliphatic rings. The molecule has 1 aliphatic carbocycles. The van der Waals surface area contributed by atoms with Crippen molar-refractivity contribution in [2.45, 2.75) is 73.3 Å². The second-order valence-electron chi connectivity index (χ2n) is 9.17. The van der Waals surface area contributed by atoms with Gasteiger partial charge in [-0.15, -0.1) is 11.8 Å². The number of hydrogen-bond acceptors (Lipinski definition) is 7. The Morgan fingerprint density at radius 2 is 1.79 bits per heavy atom. The van der Waals surface area contributed by atoms with Crippen LogP contribution in [-0.2, 0) is 22.7 Å². The molecule has 1 saturated heterocycles. The van der Waals surface area contributed by atoms with Crippen LogP contribution >= 0.6 is 11.8 Å². The first-order valence-electron chi connectivity index (χ1n) is 11.5. The largest absolute Gasteiger partial charge is 0.490 e. The zero-order valence-electron chi connectivity index (χ0n) is 18.2. The minimum atomic E-state index is -1.49. The number of ether oxygens (including phenoxy) is 2. The predicted octanol–water partition coefficient (Wildman–Crippen LogP) is 2.61. The molecule has 5 atom stereocenters. The Morgan fingerprint density at radius 1 is 1.06 bits per heavy atom. The van der Waals surface area contributed by atoms with E-state index in [1.165, 1.54) is 18.9 Å². The van der Waals surface area contributed by atoms with Crippen LogP contribution in [0, 0.1) is 5.82 Å². The number of rotatable bonds is 5. The van der Waals surface area contributed by atoms with Crippen molar-refractivity contribution in [3.63, 3.8) is 0 Å². The highest BCUT2D eigenvalue weighted by molar-refractivity contribution is 8.00. The lowest BCUT2D eigenvalue weighted by atomic mass is 9.91. The fraction of sp³-hybridized carbons (Fsp3) is 0.520. The highest BCUT2D eigenvalue weighted by atomic mass is 32.2. The Labute approximate surface area is 196 Å². The van der Waals surface area contributed by atoms with Crippen LogP contribution < -0.4 is 4.74 Å². The van der Waals surface area contributed by atoms with Gasteiger partial charge >= 0.3 is 0 Å². The molecule has 0 amide bonds. The lowest BCUT2D eigenvalue weighted by Gasteiger charge is -2.45. The fourth-order valence-corrected chi connectivity index (χ4v) is 6.64. The molecule has 2 aliphatic heterocycles. The van der Waals surface area contributed by atoms with Gasteiger partial charge in [0.15, 0.2) is 4.93 Å². The van der Waals surface area contributed by atoms with Gasteiger partial charge in [0.25, 0.3) is 0 Å². The molecule has 1 spiro atoms. The highest BCUT2D eigenvalue weighted by Crippen LogP contribution is 2.54. The van der Waals surface area contributed by atoms with E-state index in [1.807, 2.05) is 24.3 Å². The first kappa shape index (κ1) is 23.1. The van der Waals surface area contributed by atoms with Crippen molar-refractivity contribution in [2.24, 2.45) is 0 Å². The molecule has 5 rings (SSSR count). The number of aliphatic hydroxyl groups excluding tert-OH is 4. The molecule has 2 aromatic rings. The third-order valence-electron chi connectivity index (χ3n) is 6.96. The summed E-state index contributed by atoms with van der Waals surface area (Å²) in [5.41, 5.74) is 2.52. The molecule has 0 radical (unpaired) electrons. The number of thioether (sulfide) groups is 1. The van der Waals surface area contributed by atoms with Gasteiger partial charge in [-0.3, -0.25) is 0 Å². The van der Waals surface area contributed by atoms with Crippen LogP contribution in [0.3, 0.4) is 0 Å². The van der Waals surface area contributed by atoms with E-state index in [2.05, 4.69) is 0 Å². The summed E-state index contributed by atoms with van der Waals surface area (Å²) in [7, 11) is 0. The Kier molecular flexibility index (Phi) is 6.41. The smallest absolute Gasteiger partial charge is 0.168 e. The SMILES string of the molecule is OC[C@H]1S[C@]2(OCc3cc(F)c(Cc4ccc(OC5CCCC5)cc4)cc32)[C@H](O)[C@@H](O)[C@@H]1O. The number of hydrogen-bond donors (Lipinski definition) is 4. The maximum atomic E-state index is 14.9. The molecule has 0 unspecified atom stereocenters. The first-order chi connectivity index (χ1) is 15.9. The second-order valence-corrected chi connectivity index (χ2v) is 10.6. The average Bonchev–Trinajstić information content (AvgIpc) is 3.45. The van der Waals surface area contributed by atoms with E-state index >= 15 is 0 Å². The van der Waals surface area contributed by atoms with Crippen LogP contribution in [0.5, 0.6) is 5.75 Å². The van der Waals surface area contributed by atoms with E-state index in [0.29, 0.717) is 23.1 Å². The molecule has 0 aromatic heterocycles. The summed E-state index contributed by atoms with van der Waals surface area (Å²) in [6.45, 7) is -0.315. The summed E-state index contributed by atoms with van der Waals surface area (Å²) in [4.78, 5) is -1.37. The summed E-state index contributed by atoms with van der Waals surface area (Å²) in [6.07, 6.45) is 0.977. The second kappa shape index (κ2) is 9.17. The molecule has 1 saturated carbocycles. The molecule has 0 bridgehead atoms. The number of fused-ring (bicyclic) bond motifs is 2. The zero-order valence-corrected chi connectivity index (χ0v) is 19.0. The Balaban J connectivity index is 1.40. The predicted molar refractivity (Wildman–Crippen MR) is 121 cm³/mol. The molecule has 178 valence electrons. The summed E-state index contributed by atoms with van der Waals surface area (Å²) in [6, 6.07) is 10.8. The van der Waals surface area contributed by atoms with Crippen LogP contribution in [0.15, 0.2) is 36.4 Å². The van der Waals surface area contributed by atoms with Crippen LogP contribution in [0.4, 0.5) is 4.39 Å². The van der Waals surface area contributed by atoms with Gasteiger partial charge < -0.3 is 29.9 Å². The minimum Gasteiger partial charge on any atom is -0.490 e. The number of aliphatic hydroxyl groups is 4. The number of halogens is 1. The fourth-order valence-electron chi connectivity index (χ4n) is 5.09. The summed E-state index contributed by atoms with van der Waals surface area (Å²) in [5, 5.41) is 40.3. The summed E-state index contributed by atoms with van der Waals surface area (Å²) < 4.78 is 26.8. The summed E-state index contributed by atoms with van der Waals surface area (Å²) in [5.74, 6) is 0.451. The van der Waals surface area contributed by atoms with E-state index in [9.17, 15) is 24.8 Å². The third-order valence-corrected chi connectivity index (χ3v) is 8.62. The van der Waals surface area contributed by atoms with E-state index < -0.39 is 28.5 Å². The van der Waals surface area contributed by atoms with Gasteiger partial charge in [0.05, 0.1) is 30.7 Å². The molecule has 2 aromatic carbocycles. The summed E-state index contributed by atoms with van der Waals surface area (Å²) >= 11 is 1.07. The van der Waals surface area contributed by atoms with Crippen molar-refractivity contribution in [1.29, 1.82) is 0 Å². The monoisotopic (exact) mass is 476 g/mol. The average molecular weight is 477 g/mol. The normalized spacial score (nSPS) is 31.8. The van der Waals surface area contributed by atoms with Crippen molar-refractivity contribution < 1.29 is 34.3 Å². The van der Waals surface area contributed by atoms with Crippen LogP contribution in [0.2, 0.25) is 0 Å². The Hall–Kier alpha value is -1.68. The Morgan fingerprint density at radius 3 is 2.48 bits per heavy atom. The number of benzene rings is 2. The minimum absolute atomic E-state index is 0.0742. The lowest BCUT2D eigenvalue weighted by molar-refractivity contribution is -0.147. The maximum Gasteiger partial charge on any atom is 0.168 e. The molecule has 2 fully saturated rings. The standard InChI is InChI=1S/C25H29FO6S/c26-20-11-16-13-31-25(24(30)23(29)22(28)21(12-27)33-25)19(16)10-15(20)9-14-5-7-18(8-6-14)32-17-3-1-2-4-17/h5-8,10-11,17,21-24,27-30H,1-4,9,12-13H2/t21-,22-,23+,24-,25+/m1/s1. The highest BCUT2D eigenvalue weighted by Gasteiger charge is 2.57. The van der Waals surface area contributed by atoms with Gasteiger partial charge in [0.1, 0.15) is 23.8 Å². The maximum absolute atomic E-state index is 14.9. The van der Waals surface area contributed by atoms with Gasteiger partial charge in [-0.1, -0.05) is 12.1 Å². The van der Waals surface area contributed by atoms with Crippen molar-refractivity contribution in [1.82, 2.24) is 0 Å². The van der Waals surface area contributed by atoms with Crippen molar-refractivity contribution in [3.05, 3.63) is 64.5 Å². The van der Waals surface area contributed by atoms with Crippen molar-refractivity contribution in [2.75, 3.05) is 6.61 Å². The van der Waals surface area contributed by atoms with E-state index in [-0.39, 0.29) is 25.1 Å². The topological polar surface area (TPSA) is 99.4 Å². The van der Waals surface area contributed by atoms with E-state index in [4.69, 9.17) is 9.47 Å². The third kappa shape index (κ3) is 4.17. The van der Waals surface area contributed by atoms with Gasteiger partial charge in [0.2, 0.25) is 0 Å². The van der Waals surface area contributed by atoms with Crippen molar-refractivity contribution >= 4 is 11.8 Å². The quantitative estimate of drug-likeness (QED) is 0.527. The molecule has 6 nitrogen and oxygen atoms in total. The molecule has 8 heteroatoms. The zero-order chi connectivity index (χ0) is 23.2. The molecular formula is C25H29FO6S. The molecular weight excluding hydrogens is 447 g/mol. The Bertz CT molecular complexity index is 993. The van der Waals surface area contributed by atoms with E-state index in [1.54, 1.807) is 6.07 Å². The van der Waals surface area contributed by atoms with Gasteiger partial charge in [-0.05, 0) is 66.6 Å². The van der Waals surface area contributed by atoms with Crippen molar-refractivity contribution in [3.8, 4) is 5.75 Å². The van der Waals surface area contributed by atoms with Crippen LogP contribution in [-0.4, -0.2) is 56.7 Å². The molecule has 4 N–H and O–H groups in total. The van der Waals surface area contributed by atoms with Gasteiger partial charge in [-0.2, -0.15) is 0 Å². The van der Waals surface area contributed by atoms with Gasteiger partial charge in [-0.25, -0.2) is 4.39 Å². The molecule has 2 heterocycles. The molecule has 33 heavy (non-hydrogen) atoms. The lowest BCUT2D eigenvalue weighted by Crippen LogP contribution is -2.58.